The number of hydrogen-bond donors (Lipinski definition) is 0. The third-order valence-electron chi connectivity index (χ3n) is 4.00. The Morgan fingerprint density at radius 3 is 2.67 bits per heavy atom. The zero-order valence-electron chi connectivity index (χ0n) is 13.0. The molecule has 0 N–H and O–H groups in total. The largest absolute Gasteiger partial charge is 0.342 e. The van der Waals surface area contributed by atoms with E-state index in [0.29, 0.717) is 18.8 Å². The van der Waals surface area contributed by atoms with E-state index in [1.54, 1.807) is 16.8 Å². The number of rotatable bonds is 3. The molecule has 2 rings (SSSR count). The summed E-state index contributed by atoms with van der Waals surface area (Å²) in [5.74, 6) is -0.102. The monoisotopic (exact) mass is 355 g/mol. The fraction of sp³-hybridized carbons (Fsp3) is 0.600. The van der Waals surface area contributed by atoms with E-state index in [0.717, 1.165) is 17.4 Å². The van der Waals surface area contributed by atoms with Gasteiger partial charge in [-0.1, -0.05) is 6.92 Å². The van der Waals surface area contributed by atoms with E-state index >= 15 is 0 Å². The van der Waals surface area contributed by atoms with Gasteiger partial charge in [0.25, 0.3) is 5.91 Å². The predicted molar refractivity (Wildman–Crippen MR) is 85.2 cm³/mol. The first-order chi connectivity index (χ1) is 9.78. The number of piperazine rings is 1. The molecule has 21 heavy (non-hydrogen) atoms. The standard InChI is InChI=1S/C15H22BrN3O2/c1-5-6-18-10-11(16)9-12(18)13(20)19-8-7-17(4)14(21)15(19,2)3/h9-10H,5-8H2,1-4H3. The van der Waals surface area contributed by atoms with Crippen molar-refractivity contribution in [2.75, 3.05) is 20.1 Å². The van der Waals surface area contributed by atoms with Crippen LogP contribution in [-0.2, 0) is 11.3 Å². The van der Waals surface area contributed by atoms with Gasteiger partial charge in [0.05, 0.1) is 0 Å². The number of aryl methyl sites for hydroxylation is 1. The normalized spacial score (nSPS) is 18.2. The SMILES string of the molecule is CCCn1cc(Br)cc1C(=O)N1CCN(C)C(=O)C1(C)C. The molecule has 2 heterocycles. The van der Waals surface area contributed by atoms with Gasteiger partial charge in [0.1, 0.15) is 11.2 Å². The van der Waals surface area contributed by atoms with Crippen molar-refractivity contribution in [1.82, 2.24) is 14.4 Å². The summed E-state index contributed by atoms with van der Waals surface area (Å²) in [6, 6.07) is 1.83. The third kappa shape index (κ3) is 2.86. The van der Waals surface area contributed by atoms with Gasteiger partial charge in [0.15, 0.2) is 0 Å². The lowest BCUT2D eigenvalue weighted by atomic mass is 9.97. The second-order valence-electron chi connectivity index (χ2n) is 5.98. The van der Waals surface area contributed by atoms with Gasteiger partial charge in [0.2, 0.25) is 5.91 Å². The summed E-state index contributed by atoms with van der Waals surface area (Å²) in [6.45, 7) is 7.61. The maximum absolute atomic E-state index is 12.9. The molecular weight excluding hydrogens is 334 g/mol. The maximum Gasteiger partial charge on any atom is 0.271 e. The smallest absolute Gasteiger partial charge is 0.271 e. The lowest BCUT2D eigenvalue weighted by molar-refractivity contribution is -0.144. The molecule has 1 saturated heterocycles. The Balaban J connectivity index is 2.33. The molecule has 116 valence electrons. The van der Waals surface area contributed by atoms with Crippen LogP contribution in [0.15, 0.2) is 16.7 Å². The van der Waals surface area contributed by atoms with Crippen LogP contribution in [0.1, 0.15) is 37.7 Å². The van der Waals surface area contributed by atoms with Crippen LogP contribution >= 0.6 is 15.9 Å². The zero-order chi connectivity index (χ0) is 15.8. The molecule has 0 radical (unpaired) electrons. The minimum absolute atomic E-state index is 0.0187. The van der Waals surface area contributed by atoms with Crippen molar-refractivity contribution in [3.63, 3.8) is 0 Å². The highest BCUT2D eigenvalue weighted by atomic mass is 79.9. The Kier molecular flexibility index (Phi) is 4.46. The topological polar surface area (TPSA) is 45.6 Å². The average molecular weight is 356 g/mol. The number of carbonyl (C=O) groups excluding carboxylic acids is 2. The molecular formula is C15H22BrN3O2. The molecule has 5 nitrogen and oxygen atoms in total. The Morgan fingerprint density at radius 2 is 2.05 bits per heavy atom. The molecule has 0 saturated carbocycles. The Bertz CT molecular complexity index is 565. The maximum atomic E-state index is 12.9. The van der Waals surface area contributed by atoms with Gasteiger partial charge in [-0.3, -0.25) is 9.59 Å². The molecule has 0 bridgehead atoms. The Morgan fingerprint density at radius 1 is 1.38 bits per heavy atom. The fourth-order valence-electron chi connectivity index (χ4n) is 2.79. The molecule has 0 unspecified atom stereocenters. The van der Waals surface area contributed by atoms with Gasteiger partial charge in [-0.2, -0.15) is 0 Å². The van der Waals surface area contributed by atoms with Crippen LogP contribution in [0, 0.1) is 0 Å². The molecule has 0 aliphatic carbocycles. The van der Waals surface area contributed by atoms with Crippen LogP contribution in [0.4, 0.5) is 0 Å². The summed E-state index contributed by atoms with van der Waals surface area (Å²) in [5.41, 5.74) is -0.174. The van der Waals surface area contributed by atoms with Crippen molar-refractivity contribution in [2.24, 2.45) is 0 Å². The molecule has 1 aromatic heterocycles. The van der Waals surface area contributed by atoms with Crippen LogP contribution in [0.5, 0.6) is 0 Å². The number of likely N-dealkylation sites (N-methyl/N-ethyl adjacent to an activating group) is 1. The summed E-state index contributed by atoms with van der Waals surface area (Å²) >= 11 is 3.43. The number of halogens is 1. The quantitative estimate of drug-likeness (QED) is 0.835. The third-order valence-corrected chi connectivity index (χ3v) is 4.43. The molecule has 1 aromatic rings. The van der Waals surface area contributed by atoms with Crippen LogP contribution in [0.3, 0.4) is 0 Å². The van der Waals surface area contributed by atoms with Crippen molar-refractivity contribution in [1.29, 1.82) is 0 Å². The van der Waals surface area contributed by atoms with E-state index in [4.69, 9.17) is 0 Å². The Labute approximate surface area is 134 Å². The summed E-state index contributed by atoms with van der Waals surface area (Å²) in [7, 11) is 1.78. The van der Waals surface area contributed by atoms with Crippen molar-refractivity contribution in [3.05, 3.63) is 22.4 Å². The Hall–Kier alpha value is -1.30. The highest BCUT2D eigenvalue weighted by Gasteiger charge is 2.43. The van der Waals surface area contributed by atoms with Gasteiger partial charge in [-0.25, -0.2) is 0 Å². The zero-order valence-corrected chi connectivity index (χ0v) is 14.6. The van der Waals surface area contributed by atoms with E-state index in [1.165, 1.54) is 0 Å². The molecule has 1 aliphatic heterocycles. The molecule has 1 fully saturated rings. The molecule has 2 amide bonds. The molecule has 0 aromatic carbocycles. The van der Waals surface area contributed by atoms with Gasteiger partial charge >= 0.3 is 0 Å². The van der Waals surface area contributed by atoms with E-state index in [9.17, 15) is 9.59 Å². The van der Waals surface area contributed by atoms with Crippen molar-refractivity contribution >= 4 is 27.7 Å². The first-order valence-corrected chi connectivity index (χ1v) is 8.01. The lowest BCUT2D eigenvalue weighted by Gasteiger charge is -2.44. The summed E-state index contributed by atoms with van der Waals surface area (Å²) in [6.07, 6.45) is 2.87. The summed E-state index contributed by atoms with van der Waals surface area (Å²) in [5, 5.41) is 0. The number of hydrogen-bond acceptors (Lipinski definition) is 2. The first-order valence-electron chi connectivity index (χ1n) is 7.22. The summed E-state index contributed by atoms with van der Waals surface area (Å²) in [4.78, 5) is 28.6. The van der Waals surface area contributed by atoms with E-state index < -0.39 is 5.54 Å². The van der Waals surface area contributed by atoms with Crippen LogP contribution < -0.4 is 0 Å². The van der Waals surface area contributed by atoms with Gasteiger partial charge < -0.3 is 14.4 Å². The van der Waals surface area contributed by atoms with E-state index in [-0.39, 0.29) is 11.8 Å². The van der Waals surface area contributed by atoms with Crippen molar-refractivity contribution < 1.29 is 9.59 Å². The van der Waals surface area contributed by atoms with Crippen LogP contribution in [0.2, 0.25) is 0 Å². The van der Waals surface area contributed by atoms with Crippen molar-refractivity contribution in [2.45, 2.75) is 39.3 Å². The second kappa shape index (κ2) is 5.83. The summed E-state index contributed by atoms with van der Waals surface area (Å²) < 4.78 is 2.84. The molecule has 0 atom stereocenters. The number of nitrogens with zero attached hydrogens (tertiary/aromatic N) is 3. The highest BCUT2D eigenvalue weighted by molar-refractivity contribution is 9.10. The molecule has 6 heteroatoms. The number of carbonyl (C=O) groups is 2. The molecule has 0 spiro atoms. The highest BCUT2D eigenvalue weighted by Crippen LogP contribution is 2.25. The minimum Gasteiger partial charge on any atom is -0.342 e. The van der Waals surface area contributed by atoms with Crippen LogP contribution in [-0.4, -0.2) is 51.9 Å². The first kappa shape index (κ1) is 16.1. The number of amides is 2. The second-order valence-corrected chi connectivity index (χ2v) is 6.90. The van der Waals surface area contributed by atoms with Crippen LogP contribution in [0.25, 0.3) is 0 Å². The minimum atomic E-state index is -0.808. The lowest BCUT2D eigenvalue weighted by Crippen LogP contribution is -2.63. The van der Waals surface area contributed by atoms with Gasteiger partial charge in [0, 0.05) is 37.4 Å². The average Bonchev–Trinajstić information content (AvgIpc) is 2.77. The van der Waals surface area contributed by atoms with E-state index in [1.807, 2.05) is 30.7 Å². The number of aromatic nitrogens is 1. The van der Waals surface area contributed by atoms with E-state index in [2.05, 4.69) is 22.9 Å². The van der Waals surface area contributed by atoms with Gasteiger partial charge in [-0.05, 0) is 42.3 Å². The fourth-order valence-corrected chi connectivity index (χ4v) is 3.25. The molecule has 1 aliphatic rings. The van der Waals surface area contributed by atoms with Crippen molar-refractivity contribution in [3.8, 4) is 0 Å². The van der Waals surface area contributed by atoms with Gasteiger partial charge in [-0.15, -0.1) is 0 Å². The predicted octanol–water partition coefficient (Wildman–Crippen LogP) is 2.35.